The fraction of sp³-hybridized carbons (Fsp3) is 0.250. The van der Waals surface area contributed by atoms with Crippen molar-refractivity contribution in [1.29, 1.82) is 0 Å². The zero-order valence-corrected chi connectivity index (χ0v) is 17.5. The summed E-state index contributed by atoms with van der Waals surface area (Å²) in [5.74, 6) is 0.760. The van der Waals surface area contributed by atoms with Crippen LogP contribution >= 0.6 is 23.2 Å². The Morgan fingerprint density at radius 1 is 1.07 bits per heavy atom. The molecule has 7 nitrogen and oxygen atoms in total. The number of rotatable bonds is 7. The summed E-state index contributed by atoms with van der Waals surface area (Å²) in [7, 11) is 4.56. The van der Waals surface area contributed by atoms with Gasteiger partial charge in [0, 0.05) is 30.7 Å². The van der Waals surface area contributed by atoms with Gasteiger partial charge in [-0.05, 0) is 12.1 Å². The van der Waals surface area contributed by atoms with Crippen molar-refractivity contribution in [1.82, 2.24) is 4.98 Å². The summed E-state index contributed by atoms with van der Waals surface area (Å²) in [5.41, 5.74) is 1.83. The van der Waals surface area contributed by atoms with Gasteiger partial charge in [-0.3, -0.25) is 10.1 Å². The van der Waals surface area contributed by atoms with E-state index in [4.69, 9.17) is 37.4 Å². The minimum Gasteiger partial charge on any atom is -0.496 e. The highest BCUT2D eigenvalue weighted by atomic mass is 35.5. The third-order valence-electron chi connectivity index (χ3n) is 4.52. The van der Waals surface area contributed by atoms with E-state index in [1.165, 1.54) is 20.3 Å². The summed E-state index contributed by atoms with van der Waals surface area (Å²) in [6, 6.07) is 7.97. The maximum atomic E-state index is 11.6. The van der Waals surface area contributed by atoms with Crippen LogP contribution in [0.5, 0.6) is 11.5 Å². The SMILES string of the molecule is COCCc1c(Cl)c(OC)c2nc(Cl)cc(-c3ccccc3[N+](=O)[O-])c2c1OC. The highest BCUT2D eigenvalue weighted by Crippen LogP contribution is 2.48. The van der Waals surface area contributed by atoms with Crippen molar-refractivity contribution in [2.75, 3.05) is 27.9 Å². The average Bonchev–Trinajstić information content (AvgIpc) is 2.71. The van der Waals surface area contributed by atoms with Gasteiger partial charge < -0.3 is 14.2 Å². The summed E-state index contributed by atoms with van der Waals surface area (Å²) in [6.07, 6.45) is 0.448. The van der Waals surface area contributed by atoms with E-state index in [1.54, 1.807) is 31.4 Å². The van der Waals surface area contributed by atoms with Gasteiger partial charge in [-0.1, -0.05) is 35.3 Å². The minimum absolute atomic E-state index is 0.0644. The quantitative estimate of drug-likeness (QED) is 0.283. The monoisotopic (exact) mass is 436 g/mol. The van der Waals surface area contributed by atoms with E-state index in [1.807, 2.05) is 0 Å². The molecule has 0 saturated heterocycles. The lowest BCUT2D eigenvalue weighted by Gasteiger charge is -2.19. The van der Waals surface area contributed by atoms with Crippen LogP contribution in [0.25, 0.3) is 22.0 Å². The average molecular weight is 437 g/mol. The molecule has 1 aromatic heterocycles. The number of hydrogen-bond donors (Lipinski definition) is 0. The van der Waals surface area contributed by atoms with Crippen molar-refractivity contribution >= 4 is 39.8 Å². The van der Waals surface area contributed by atoms with Crippen LogP contribution in [0.2, 0.25) is 10.2 Å². The molecule has 0 aliphatic heterocycles. The molecule has 152 valence electrons. The van der Waals surface area contributed by atoms with Crippen molar-refractivity contribution in [3.05, 3.63) is 56.2 Å². The standard InChI is InChI=1S/C20H18Cl2N2O5/c1-27-9-8-12-17(22)20(29-3)18-16(19(12)28-2)13(10-15(21)23-18)11-6-4-5-7-14(11)24(25)26/h4-7,10H,8-9H2,1-3H3. The molecule has 0 radical (unpaired) electrons. The molecule has 0 N–H and O–H groups in total. The number of methoxy groups -OCH3 is 3. The number of nitrogens with zero attached hydrogens (tertiary/aromatic N) is 2. The first-order chi connectivity index (χ1) is 13.9. The number of pyridine rings is 1. The molecule has 0 fully saturated rings. The minimum atomic E-state index is -0.443. The van der Waals surface area contributed by atoms with Crippen LogP contribution in [-0.4, -0.2) is 37.8 Å². The topological polar surface area (TPSA) is 83.7 Å². The van der Waals surface area contributed by atoms with Gasteiger partial charge in [-0.2, -0.15) is 0 Å². The molecule has 1 heterocycles. The van der Waals surface area contributed by atoms with E-state index >= 15 is 0 Å². The number of aromatic nitrogens is 1. The van der Waals surface area contributed by atoms with Crippen molar-refractivity contribution in [2.24, 2.45) is 0 Å². The van der Waals surface area contributed by atoms with Gasteiger partial charge >= 0.3 is 0 Å². The van der Waals surface area contributed by atoms with Crippen LogP contribution in [0.15, 0.2) is 30.3 Å². The van der Waals surface area contributed by atoms with E-state index < -0.39 is 4.92 Å². The number of hydrogen-bond acceptors (Lipinski definition) is 6. The van der Waals surface area contributed by atoms with Crippen LogP contribution in [-0.2, 0) is 11.2 Å². The van der Waals surface area contributed by atoms with Crippen LogP contribution in [0.1, 0.15) is 5.56 Å². The van der Waals surface area contributed by atoms with Crippen molar-refractivity contribution in [2.45, 2.75) is 6.42 Å². The molecular weight excluding hydrogens is 419 g/mol. The lowest BCUT2D eigenvalue weighted by Crippen LogP contribution is -2.04. The highest BCUT2D eigenvalue weighted by molar-refractivity contribution is 6.35. The molecule has 29 heavy (non-hydrogen) atoms. The van der Waals surface area contributed by atoms with Gasteiger partial charge in [-0.25, -0.2) is 4.98 Å². The number of para-hydroxylation sites is 1. The number of halogens is 2. The summed E-state index contributed by atoms with van der Waals surface area (Å²) in [5, 5.41) is 12.6. The Bertz CT molecular complexity index is 1090. The van der Waals surface area contributed by atoms with E-state index in [0.717, 1.165) is 0 Å². The molecule has 3 aromatic rings. The molecule has 0 aliphatic carbocycles. The van der Waals surface area contributed by atoms with Gasteiger partial charge in [0.05, 0.1) is 41.7 Å². The van der Waals surface area contributed by atoms with E-state index in [-0.39, 0.29) is 10.8 Å². The number of nitro groups is 1. The second-order valence-electron chi connectivity index (χ2n) is 6.09. The maximum absolute atomic E-state index is 11.6. The molecule has 0 spiro atoms. The Morgan fingerprint density at radius 2 is 1.76 bits per heavy atom. The molecule has 0 aliphatic rings. The fourth-order valence-electron chi connectivity index (χ4n) is 3.31. The van der Waals surface area contributed by atoms with Crippen molar-refractivity contribution in [3.63, 3.8) is 0 Å². The van der Waals surface area contributed by atoms with Crippen LogP contribution in [0.3, 0.4) is 0 Å². The second-order valence-corrected chi connectivity index (χ2v) is 6.86. The molecular formula is C20H18Cl2N2O5. The van der Waals surface area contributed by atoms with Gasteiger partial charge in [0.1, 0.15) is 16.4 Å². The Hall–Kier alpha value is -2.61. The summed E-state index contributed by atoms with van der Waals surface area (Å²) in [6.45, 7) is 0.395. The molecule has 9 heteroatoms. The molecule has 0 amide bonds. The Morgan fingerprint density at radius 3 is 2.38 bits per heavy atom. The third kappa shape index (κ3) is 3.81. The predicted octanol–water partition coefficient (Wildman–Crippen LogP) is 5.32. The lowest BCUT2D eigenvalue weighted by molar-refractivity contribution is -0.384. The van der Waals surface area contributed by atoms with Gasteiger partial charge in [0.2, 0.25) is 0 Å². The van der Waals surface area contributed by atoms with Crippen LogP contribution in [0, 0.1) is 10.1 Å². The first-order valence-corrected chi connectivity index (χ1v) is 9.35. The number of ether oxygens (including phenoxy) is 3. The first kappa shape index (κ1) is 21.1. The number of fused-ring (bicyclic) bond motifs is 1. The van der Waals surface area contributed by atoms with E-state index in [2.05, 4.69) is 4.98 Å². The van der Waals surface area contributed by atoms with E-state index in [9.17, 15) is 10.1 Å². The predicted molar refractivity (Wildman–Crippen MR) is 113 cm³/mol. The van der Waals surface area contributed by atoms with E-state index in [0.29, 0.717) is 57.1 Å². The smallest absolute Gasteiger partial charge is 0.277 e. The fourth-order valence-corrected chi connectivity index (χ4v) is 3.85. The Kier molecular flexibility index (Phi) is 6.42. The molecule has 0 saturated carbocycles. The van der Waals surface area contributed by atoms with Crippen LogP contribution in [0.4, 0.5) is 5.69 Å². The zero-order chi connectivity index (χ0) is 21.1. The number of nitro benzene ring substituents is 1. The summed E-state index contributed by atoms with van der Waals surface area (Å²) in [4.78, 5) is 15.5. The molecule has 2 aromatic carbocycles. The second kappa shape index (κ2) is 8.82. The zero-order valence-electron chi connectivity index (χ0n) is 16.0. The maximum Gasteiger partial charge on any atom is 0.277 e. The highest BCUT2D eigenvalue weighted by Gasteiger charge is 2.26. The summed E-state index contributed by atoms with van der Waals surface area (Å²) < 4.78 is 16.4. The first-order valence-electron chi connectivity index (χ1n) is 8.59. The third-order valence-corrected chi connectivity index (χ3v) is 5.12. The molecule has 0 unspecified atom stereocenters. The largest absolute Gasteiger partial charge is 0.496 e. The summed E-state index contributed by atoms with van der Waals surface area (Å²) >= 11 is 12.9. The molecule has 0 atom stereocenters. The molecule has 3 rings (SSSR count). The normalized spacial score (nSPS) is 10.9. The lowest BCUT2D eigenvalue weighted by atomic mass is 9.96. The van der Waals surface area contributed by atoms with Crippen molar-refractivity contribution in [3.8, 4) is 22.6 Å². The van der Waals surface area contributed by atoms with Gasteiger partial charge in [0.15, 0.2) is 5.75 Å². The Labute approximate surface area is 177 Å². The van der Waals surface area contributed by atoms with Gasteiger partial charge in [-0.15, -0.1) is 0 Å². The Balaban J connectivity index is 2.51. The van der Waals surface area contributed by atoms with Gasteiger partial charge in [0.25, 0.3) is 5.69 Å². The van der Waals surface area contributed by atoms with Crippen LogP contribution < -0.4 is 9.47 Å². The number of benzene rings is 2. The van der Waals surface area contributed by atoms with Crippen molar-refractivity contribution < 1.29 is 19.1 Å². The molecule has 0 bridgehead atoms.